The van der Waals surface area contributed by atoms with E-state index in [9.17, 15) is 4.79 Å². The van der Waals surface area contributed by atoms with Crippen molar-refractivity contribution < 1.29 is 9.53 Å². The molecule has 6 aromatic rings. The van der Waals surface area contributed by atoms with E-state index in [1.165, 1.54) is 18.2 Å². The number of carbonyl (C=O) groups excluding carboxylic acids is 1. The zero-order chi connectivity index (χ0) is 27.3. The van der Waals surface area contributed by atoms with Gasteiger partial charge in [0.05, 0.1) is 36.7 Å². The summed E-state index contributed by atoms with van der Waals surface area (Å²) in [4.78, 5) is 20.9. The fourth-order valence-electron chi connectivity index (χ4n) is 4.70. The Morgan fingerprint density at radius 1 is 1.05 bits per heavy atom. The van der Waals surface area contributed by atoms with Gasteiger partial charge in [-0.15, -0.1) is 0 Å². The summed E-state index contributed by atoms with van der Waals surface area (Å²) in [7, 11) is 0. The van der Waals surface area contributed by atoms with Crippen LogP contribution in [0.4, 0.5) is 22.0 Å². The highest BCUT2D eigenvalue weighted by Gasteiger charge is 2.17. The fourth-order valence-corrected chi connectivity index (χ4v) is 4.70. The predicted octanol–water partition coefficient (Wildman–Crippen LogP) is 4.66. The van der Waals surface area contributed by atoms with Crippen molar-refractivity contribution >= 4 is 39.7 Å². The summed E-state index contributed by atoms with van der Waals surface area (Å²) in [6, 6.07) is 16.4. The molecule has 0 saturated carbocycles. The van der Waals surface area contributed by atoms with Crippen LogP contribution in [0.1, 0.15) is 24.5 Å². The maximum Gasteiger partial charge on any atom is 0.411 e. The van der Waals surface area contributed by atoms with Crippen LogP contribution in [0.15, 0.2) is 79.9 Å². The zero-order valence-corrected chi connectivity index (χ0v) is 21.9. The Kier molecular flexibility index (Phi) is 7.03. The first-order valence-corrected chi connectivity index (χ1v) is 13.1. The van der Waals surface area contributed by atoms with Crippen molar-refractivity contribution in [3.8, 4) is 0 Å². The van der Waals surface area contributed by atoms with E-state index in [1.54, 1.807) is 21.7 Å². The highest BCUT2D eigenvalue weighted by atomic mass is 16.5. The standard InChI is InChI=1S/C28H28N10O2/c1-2-23-24(35-28(39)40-12-6-11-36-19-29-17-32-36)16-38-26(23)27(30-18-33-38)34-22-9-10-25-21(13-22)14-31-37(25)15-20-7-4-3-5-8-20/h3-5,7-10,13-14,16-19H,2,6,11-12,15H2,1H3,(H,35,39)(H,30,33,34). The number of nitrogens with zero attached hydrogens (tertiary/aromatic N) is 8. The van der Waals surface area contributed by atoms with Crippen LogP contribution in [0, 0.1) is 0 Å². The summed E-state index contributed by atoms with van der Waals surface area (Å²) in [5.41, 5.74) is 5.43. The van der Waals surface area contributed by atoms with Crippen molar-refractivity contribution in [2.24, 2.45) is 0 Å². The molecule has 1 amide bonds. The third-order valence-electron chi connectivity index (χ3n) is 6.58. The van der Waals surface area contributed by atoms with Gasteiger partial charge in [-0.05, 0) is 30.2 Å². The maximum atomic E-state index is 12.5. The highest BCUT2D eigenvalue weighted by Crippen LogP contribution is 2.30. The predicted molar refractivity (Wildman–Crippen MR) is 151 cm³/mol. The molecule has 0 atom stereocenters. The number of benzene rings is 2. The Hall–Kier alpha value is -5.26. The average Bonchev–Trinajstić information content (AvgIpc) is 3.71. The van der Waals surface area contributed by atoms with Crippen molar-refractivity contribution in [1.29, 1.82) is 0 Å². The first kappa shape index (κ1) is 25.0. The molecule has 12 heteroatoms. The van der Waals surface area contributed by atoms with E-state index < -0.39 is 6.09 Å². The van der Waals surface area contributed by atoms with Crippen molar-refractivity contribution in [1.82, 2.24) is 39.1 Å². The van der Waals surface area contributed by atoms with Gasteiger partial charge >= 0.3 is 6.09 Å². The molecule has 0 aliphatic carbocycles. The first-order valence-electron chi connectivity index (χ1n) is 13.1. The molecule has 0 saturated heterocycles. The van der Waals surface area contributed by atoms with Crippen LogP contribution in [-0.4, -0.2) is 51.8 Å². The minimum absolute atomic E-state index is 0.261. The molecule has 0 fully saturated rings. The summed E-state index contributed by atoms with van der Waals surface area (Å²) in [5, 5.41) is 20.3. The zero-order valence-electron chi connectivity index (χ0n) is 21.9. The molecule has 0 aliphatic heterocycles. The van der Waals surface area contributed by atoms with E-state index in [0.717, 1.165) is 27.7 Å². The number of anilines is 3. The Morgan fingerprint density at radius 3 is 2.77 bits per heavy atom. The number of amides is 1. The normalized spacial score (nSPS) is 11.2. The van der Waals surface area contributed by atoms with Crippen LogP contribution in [-0.2, 0) is 24.2 Å². The molecule has 0 unspecified atom stereocenters. The fraction of sp³-hybridized carbons (Fsp3) is 0.214. The molecule has 6 rings (SSSR count). The number of rotatable bonds is 10. The second-order valence-electron chi connectivity index (χ2n) is 9.24. The average molecular weight is 537 g/mol. The van der Waals surface area contributed by atoms with Crippen molar-refractivity contribution in [3.05, 3.63) is 91.0 Å². The number of aryl methyl sites for hydroxylation is 2. The van der Waals surface area contributed by atoms with E-state index in [0.29, 0.717) is 37.4 Å². The molecule has 40 heavy (non-hydrogen) atoms. The smallest absolute Gasteiger partial charge is 0.411 e. The van der Waals surface area contributed by atoms with Gasteiger partial charge in [-0.2, -0.15) is 15.3 Å². The van der Waals surface area contributed by atoms with Crippen molar-refractivity contribution in [2.75, 3.05) is 17.2 Å². The molecule has 2 N–H and O–H groups in total. The van der Waals surface area contributed by atoms with Gasteiger partial charge in [-0.3, -0.25) is 14.7 Å². The van der Waals surface area contributed by atoms with E-state index in [1.807, 2.05) is 48.1 Å². The van der Waals surface area contributed by atoms with Crippen LogP contribution < -0.4 is 10.6 Å². The molecule has 2 aromatic carbocycles. The second kappa shape index (κ2) is 11.2. The van der Waals surface area contributed by atoms with Gasteiger partial charge < -0.3 is 10.1 Å². The van der Waals surface area contributed by atoms with Crippen molar-refractivity contribution in [3.63, 3.8) is 0 Å². The first-order chi connectivity index (χ1) is 19.7. The number of hydrogen-bond acceptors (Lipinski definition) is 8. The Bertz CT molecular complexity index is 1740. The number of carbonyl (C=O) groups is 1. The van der Waals surface area contributed by atoms with Crippen LogP contribution in [0.3, 0.4) is 0 Å². The number of fused-ring (bicyclic) bond motifs is 2. The number of aromatic nitrogens is 8. The highest BCUT2D eigenvalue weighted by molar-refractivity contribution is 5.91. The third-order valence-corrected chi connectivity index (χ3v) is 6.58. The van der Waals surface area contributed by atoms with E-state index in [2.05, 4.69) is 54.1 Å². The number of hydrogen-bond donors (Lipinski definition) is 2. The molecule has 0 bridgehead atoms. The number of nitrogens with one attached hydrogen (secondary N) is 2. The van der Waals surface area contributed by atoms with E-state index in [4.69, 9.17) is 4.74 Å². The SMILES string of the molecule is CCc1c(NC(=O)OCCCn2cncn2)cn2ncnc(Nc3ccc4c(cnn4Cc4ccccc4)c3)c12. The largest absolute Gasteiger partial charge is 0.449 e. The lowest BCUT2D eigenvalue weighted by molar-refractivity contribution is 0.158. The van der Waals surface area contributed by atoms with Gasteiger partial charge in [0.1, 0.15) is 24.5 Å². The lowest BCUT2D eigenvalue weighted by Crippen LogP contribution is -2.15. The second-order valence-corrected chi connectivity index (χ2v) is 9.24. The molecule has 4 aromatic heterocycles. The summed E-state index contributed by atoms with van der Waals surface area (Å²) in [6.45, 7) is 3.60. The quantitative estimate of drug-likeness (QED) is 0.242. The molecule has 0 spiro atoms. The van der Waals surface area contributed by atoms with Gasteiger partial charge in [0.2, 0.25) is 0 Å². The summed E-state index contributed by atoms with van der Waals surface area (Å²) >= 11 is 0. The van der Waals surface area contributed by atoms with Gasteiger partial charge in [-0.1, -0.05) is 37.3 Å². The third kappa shape index (κ3) is 5.32. The van der Waals surface area contributed by atoms with Gasteiger partial charge in [-0.25, -0.2) is 19.3 Å². The molecule has 12 nitrogen and oxygen atoms in total. The minimum atomic E-state index is -0.523. The topological polar surface area (TPSA) is 129 Å². The Morgan fingerprint density at radius 2 is 1.95 bits per heavy atom. The monoisotopic (exact) mass is 536 g/mol. The van der Waals surface area contributed by atoms with Crippen LogP contribution in [0.2, 0.25) is 0 Å². The molecule has 4 heterocycles. The lowest BCUT2D eigenvalue weighted by atomic mass is 10.2. The maximum absolute atomic E-state index is 12.5. The molecule has 202 valence electrons. The van der Waals surface area contributed by atoms with E-state index in [-0.39, 0.29) is 6.61 Å². The van der Waals surface area contributed by atoms with E-state index >= 15 is 0 Å². The molecule has 0 radical (unpaired) electrons. The van der Waals surface area contributed by atoms with Crippen LogP contribution in [0.25, 0.3) is 16.4 Å². The summed E-state index contributed by atoms with van der Waals surface area (Å²) in [6.07, 6.45) is 8.99. The van der Waals surface area contributed by atoms with Gasteiger partial charge in [0.15, 0.2) is 5.82 Å². The molecular weight excluding hydrogens is 508 g/mol. The number of ether oxygens (including phenoxy) is 1. The minimum Gasteiger partial charge on any atom is -0.449 e. The van der Waals surface area contributed by atoms with Gasteiger partial charge in [0, 0.05) is 29.6 Å². The lowest BCUT2D eigenvalue weighted by Gasteiger charge is -2.10. The van der Waals surface area contributed by atoms with Gasteiger partial charge in [0.25, 0.3) is 0 Å². The molecular formula is C28H28N10O2. The van der Waals surface area contributed by atoms with Crippen LogP contribution in [0.5, 0.6) is 0 Å². The summed E-state index contributed by atoms with van der Waals surface area (Å²) in [5.74, 6) is 0.636. The Balaban J connectivity index is 1.17. The summed E-state index contributed by atoms with van der Waals surface area (Å²) < 4.78 is 10.8. The van der Waals surface area contributed by atoms with Crippen molar-refractivity contribution in [2.45, 2.75) is 32.9 Å². The Labute approximate surface area is 229 Å². The van der Waals surface area contributed by atoms with Crippen LogP contribution >= 0.6 is 0 Å². The molecule has 0 aliphatic rings.